The molecule has 1 aliphatic heterocycles. The lowest BCUT2D eigenvalue weighted by Gasteiger charge is -2.26. The average molecular weight is 344 g/mol. The third kappa shape index (κ3) is 4.35. The van der Waals surface area contributed by atoms with Crippen LogP contribution >= 0.6 is 0 Å². The van der Waals surface area contributed by atoms with Gasteiger partial charge < -0.3 is 19.2 Å². The van der Waals surface area contributed by atoms with Crippen molar-refractivity contribution in [2.24, 2.45) is 0 Å². The molecule has 1 N–H and O–H groups in total. The monoisotopic (exact) mass is 344 g/mol. The lowest BCUT2D eigenvalue weighted by molar-refractivity contribution is 0.207. The lowest BCUT2D eigenvalue weighted by atomic mass is 10.1. The summed E-state index contributed by atoms with van der Waals surface area (Å²) in [4.78, 5) is 2.51. The van der Waals surface area contributed by atoms with Crippen LogP contribution in [-0.4, -0.2) is 38.8 Å². The highest BCUT2D eigenvalue weighted by Crippen LogP contribution is 2.27. The van der Waals surface area contributed by atoms with E-state index in [2.05, 4.69) is 16.3 Å². The summed E-state index contributed by atoms with van der Waals surface area (Å²) >= 11 is 0. The Balaban J connectivity index is 1.65. The highest BCUT2D eigenvalue weighted by Gasteiger charge is 2.25. The van der Waals surface area contributed by atoms with E-state index in [-0.39, 0.29) is 6.04 Å². The molecule has 1 aromatic carbocycles. The Morgan fingerprint density at radius 2 is 1.92 bits per heavy atom. The first-order valence-corrected chi connectivity index (χ1v) is 8.93. The van der Waals surface area contributed by atoms with Crippen molar-refractivity contribution in [1.82, 2.24) is 10.2 Å². The summed E-state index contributed by atoms with van der Waals surface area (Å²) in [5, 5.41) is 3.58. The standard InChI is InChI=1S/C20H28N2O3/c1-15-6-9-19(25-15)18(22-10-4-5-11-22)14-21-13-16-7-8-17(23-2)12-20(16)24-3/h6-9,12,18,21H,4-5,10-11,13-14H2,1-3H3. The Labute approximate surface area is 149 Å². The lowest BCUT2D eigenvalue weighted by Crippen LogP contribution is -2.33. The molecule has 5 nitrogen and oxygen atoms in total. The summed E-state index contributed by atoms with van der Waals surface area (Å²) in [5.41, 5.74) is 1.12. The van der Waals surface area contributed by atoms with Crippen LogP contribution in [0.3, 0.4) is 0 Å². The normalized spacial score (nSPS) is 16.1. The molecular formula is C20H28N2O3. The number of nitrogens with zero attached hydrogens (tertiary/aromatic N) is 1. The van der Waals surface area contributed by atoms with E-state index in [1.807, 2.05) is 31.2 Å². The van der Waals surface area contributed by atoms with Gasteiger partial charge in [0.2, 0.25) is 0 Å². The number of benzene rings is 1. The Hall–Kier alpha value is -1.98. The predicted octanol–water partition coefficient (Wildman–Crippen LogP) is 3.53. The zero-order valence-corrected chi connectivity index (χ0v) is 15.4. The minimum Gasteiger partial charge on any atom is -0.497 e. The number of ether oxygens (including phenoxy) is 2. The molecule has 0 spiro atoms. The van der Waals surface area contributed by atoms with E-state index in [1.165, 1.54) is 12.8 Å². The number of likely N-dealkylation sites (tertiary alicyclic amines) is 1. The largest absolute Gasteiger partial charge is 0.497 e. The Bertz CT molecular complexity index is 677. The van der Waals surface area contributed by atoms with Gasteiger partial charge in [-0.3, -0.25) is 4.90 Å². The molecule has 1 aromatic heterocycles. The molecule has 1 atom stereocenters. The van der Waals surface area contributed by atoms with Gasteiger partial charge in [0, 0.05) is 24.7 Å². The van der Waals surface area contributed by atoms with E-state index >= 15 is 0 Å². The van der Waals surface area contributed by atoms with Gasteiger partial charge in [-0.05, 0) is 51.1 Å². The fourth-order valence-electron chi connectivity index (χ4n) is 3.44. The van der Waals surface area contributed by atoms with Crippen molar-refractivity contribution in [3.05, 3.63) is 47.4 Å². The van der Waals surface area contributed by atoms with Gasteiger partial charge in [-0.2, -0.15) is 0 Å². The van der Waals surface area contributed by atoms with Gasteiger partial charge in [0.25, 0.3) is 0 Å². The van der Waals surface area contributed by atoms with Gasteiger partial charge in [-0.15, -0.1) is 0 Å². The van der Waals surface area contributed by atoms with Crippen molar-refractivity contribution in [2.45, 2.75) is 32.4 Å². The quantitative estimate of drug-likeness (QED) is 0.794. The van der Waals surface area contributed by atoms with Crippen LogP contribution in [0.1, 0.15) is 36.0 Å². The molecule has 5 heteroatoms. The zero-order chi connectivity index (χ0) is 17.6. The van der Waals surface area contributed by atoms with E-state index in [0.717, 1.165) is 54.8 Å². The highest BCUT2D eigenvalue weighted by molar-refractivity contribution is 5.40. The molecule has 2 heterocycles. The molecule has 3 rings (SSSR count). The predicted molar refractivity (Wildman–Crippen MR) is 98.2 cm³/mol. The van der Waals surface area contributed by atoms with E-state index in [0.29, 0.717) is 0 Å². The third-order valence-corrected chi connectivity index (χ3v) is 4.82. The van der Waals surface area contributed by atoms with Gasteiger partial charge in [0.05, 0.1) is 20.3 Å². The van der Waals surface area contributed by atoms with E-state index in [4.69, 9.17) is 13.9 Å². The summed E-state index contributed by atoms with van der Waals surface area (Å²) in [6.45, 7) is 5.87. The molecule has 1 saturated heterocycles. The summed E-state index contributed by atoms with van der Waals surface area (Å²) in [5.74, 6) is 3.67. The number of hydrogen-bond donors (Lipinski definition) is 1. The molecule has 1 aliphatic rings. The number of rotatable bonds is 8. The van der Waals surface area contributed by atoms with Crippen molar-refractivity contribution in [3.8, 4) is 11.5 Å². The molecule has 0 radical (unpaired) electrons. The second-order valence-electron chi connectivity index (χ2n) is 6.52. The topological polar surface area (TPSA) is 46.9 Å². The first kappa shape index (κ1) is 17.8. The Morgan fingerprint density at radius 1 is 1.12 bits per heavy atom. The van der Waals surface area contributed by atoms with Crippen molar-refractivity contribution < 1.29 is 13.9 Å². The van der Waals surface area contributed by atoms with E-state index in [9.17, 15) is 0 Å². The van der Waals surface area contributed by atoms with Gasteiger partial charge >= 0.3 is 0 Å². The van der Waals surface area contributed by atoms with Gasteiger partial charge in [0.1, 0.15) is 23.0 Å². The molecule has 0 aliphatic carbocycles. The first-order valence-electron chi connectivity index (χ1n) is 8.93. The number of hydrogen-bond acceptors (Lipinski definition) is 5. The van der Waals surface area contributed by atoms with Crippen LogP contribution in [-0.2, 0) is 6.54 Å². The summed E-state index contributed by atoms with van der Waals surface area (Å²) in [7, 11) is 3.36. The highest BCUT2D eigenvalue weighted by atomic mass is 16.5. The van der Waals surface area contributed by atoms with Crippen LogP contribution in [0.2, 0.25) is 0 Å². The van der Waals surface area contributed by atoms with Gasteiger partial charge in [0.15, 0.2) is 0 Å². The van der Waals surface area contributed by atoms with Crippen molar-refractivity contribution in [1.29, 1.82) is 0 Å². The van der Waals surface area contributed by atoms with E-state index < -0.39 is 0 Å². The fourth-order valence-corrected chi connectivity index (χ4v) is 3.44. The van der Waals surface area contributed by atoms with Crippen molar-refractivity contribution >= 4 is 0 Å². The minimum atomic E-state index is 0.278. The van der Waals surface area contributed by atoms with E-state index in [1.54, 1.807) is 14.2 Å². The molecule has 2 aromatic rings. The maximum Gasteiger partial charge on any atom is 0.127 e. The fraction of sp³-hybridized carbons (Fsp3) is 0.500. The van der Waals surface area contributed by atoms with Crippen LogP contribution in [0.15, 0.2) is 34.7 Å². The van der Waals surface area contributed by atoms with Gasteiger partial charge in [-0.1, -0.05) is 6.07 Å². The zero-order valence-electron chi connectivity index (χ0n) is 15.4. The molecular weight excluding hydrogens is 316 g/mol. The molecule has 25 heavy (non-hydrogen) atoms. The molecule has 0 amide bonds. The molecule has 1 fully saturated rings. The summed E-state index contributed by atoms with van der Waals surface area (Å²) < 4.78 is 16.7. The van der Waals surface area contributed by atoms with Crippen LogP contribution in [0, 0.1) is 6.92 Å². The average Bonchev–Trinajstić information content (AvgIpc) is 3.30. The Morgan fingerprint density at radius 3 is 2.56 bits per heavy atom. The summed E-state index contributed by atoms with van der Waals surface area (Å²) in [6, 6.07) is 10.4. The second kappa shape index (κ2) is 8.41. The van der Waals surface area contributed by atoms with Crippen molar-refractivity contribution in [2.75, 3.05) is 33.9 Å². The molecule has 136 valence electrons. The first-order chi connectivity index (χ1) is 12.2. The maximum atomic E-state index is 5.91. The smallest absolute Gasteiger partial charge is 0.127 e. The molecule has 0 bridgehead atoms. The van der Waals surface area contributed by atoms with Gasteiger partial charge in [-0.25, -0.2) is 0 Å². The van der Waals surface area contributed by atoms with Crippen LogP contribution < -0.4 is 14.8 Å². The minimum absolute atomic E-state index is 0.278. The SMILES string of the molecule is COc1ccc(CNCC(c2ccc(C)o2)N2CCCC2)c(OC)c1. The van der Waals surface area contributed by atoms with Crippen molar-refractivity contribution in [3.63, 3.8) is 0 Å². The summed E-state index contributed by atoms with van der Waals surface area (Å²) in [6.07, 6.45) is 2.53. The number of nitrogens with one attached hydrogen (secondary N) is 1. The number of aryl methyl sites for hydroxylation is 1. The third-order valence-electron chi connectivity index (χ3n) is 4.82. The molecule has 1 unspecified atom stereocenters. The second-order valence-corrected chi connectivity index (χ2v) is 6.52. The van der Waals surface area contributed by atoms with Crippen LogP contribution in [0.4, 0.5) is 0 Å². The number of furan rings is 1. The Kier molecular flexibility index (Phi) is 6.00. The maximum absolute atomic E-state index is 5.91. The van der Waals surface area contributed by atoms with Crippen LogP contribution in [0.25, 0.3) is 0 Å². The van der Waals surface area contributed by atoms with Crippen LogP contribution in [0.5, 0.6) is 11.5 Å². The number of methoxy groups -OCH3 is 2. The molecule has 0 saturated carbocycles.